The van der Waals surface area contributed by atoms with Gasteiger partial charge in [-0.15, -0.1) is 0 Å². The summed E-state index contributed by atoms with van der Waals surface area (Å²) in [6, 6.07) is 19.3. The number of carbonyl (C=O) groups excluding carboxylic acids is 1. The number of hydrogen-bond acceptors (Lipinski definition) is 8. The Hall–Kier alpha value is -3.79. The van der Waals surface area contributed by atoms with Gasteiger partial charge in [0.15, 0.2) is 0 Å². The fourth-order valence-corrected chi connectivity index (χ4v) is 3.48. The Bertz CT molecular complexity index is 1110. The zero-order chi connectivity index (χ0) is 25.8. The van der Waals surface area contributed by atoms with Crippen molar-refractivity contribution < 1.29 is 34.3 Å². The van der Waals surface area contributed by atoms with Gasteiger partial charge in [-0.25, -0.2) is 0 Å². The number of amides is 1. The molecule has 9 heteroatoms. The van der Waals surface area contributed by atoms with Gasteiger partial charge < -0.3 is 40.6 Å². The van der Waals surface area contributed by atoms with Gasteiger partial charge in [-0.3, -0.25) is 4.79 Å². The lowest BCUT2D eigenvalue weighted by Gasteiger charge is -2.15. The van der Waals surface area contributed by atoms with Crippen molar-refractivity contribution in [3.05, 3.63) is 83.4 Å². The van der Waals surface area contributed by atoms with Crippen molar-refractivity contribution in [2.45, 2.75) is 19.1 Å². The topological polar surface area (TPSA) is 144 Å². The van der Waals surface area contributed by atoms with E-state index in [1.54, 1.807) is 30.3 Å². The molecule has 0 saturated heterocycles. The Labute approximate surface area is 210 Å². The van der Waals surface area contributed by atoms with E-state index in [1.165, 1.54) is 12.1 Å². The smallest absolute Gasteiger partial charge is 0.252 e. The first-order valence-corrected chi connectivity index (χ1v) is 11.6. The molecule has 6 N–H and O–H groups in total. The van der Waals surface area contributed by atoms with E-state index in [0.717, 1.165) is 11.1 Å². The molecule has 9 nitrogen and oxygen atoms in total. The van der Waals surface area contributed by atoms with Crippen LogP contribution in [0.15, 0.2) is 66.7 Å². The van der Waals surface area contributed by atoms with Gasteiger partial charge in [0, 0.05) is 19.5 Å². The van der Waals surface area contributed by atoms with Crippen LogP contribution < -0.4 is 25.3 Å². The molecule has 1 amide bonds. The molecule has 0 aliphatic carbocycles. The summed E-state index contributed by atoms with van der Waals surface area (Å²) < 4.78 is 16.7. The van der Waals surface area contributed by atoms with Crippen LogP contribution in [-0.2, 0) is 13.0 Å². The van der Waals surface area contributed by atoms with Crippen molar-refractivity contribution in [3.63, 3.8) is 0 Å². The van der Waals surface area contributed by atoms with Crippen LogP contribution in [0.4, 0.5) is 0 Å². The van der Waals surface area contributed by atoms with Crippen molar-refractivity contribution in [2.75, 3.05) is 33.0 Å². The quantitative estimate of drug-likeness (QED) is 0.215. The molecule has 0 aromatic heterocycles. The molecule has 192 valence electrons. The molecule has 0 radical (unpaired) electrons. The average Bonchev–Trinajstić information content (AvgIpc) is 2.88. The first kappa shape index (κ1) is 26.8. The van der Waals surface area contributed by atoms with E-state index >= 15 is 0 Å². The maximum atomic E-state index is 11.4. The van der Waals surface area contributed by atoms with Gasteiger partial charge in [-0.1, -0.05) is 24.3 Å². The lowest BCUT2D eigenvalue weighted by Crippen LogP contribution is -2.31. The number of nitrogens with one attached hydrogen (secondary N) is 1. The minimum absolute atomic E-state index is 0.0173. The summed E-state index contributed by atoms with van der Waals surface area (Å²) in [5.41, 5.74) is 7.45. The molecule has 0 fully saturated rings. The van der Waals surface area contributed by atoms with Crippen molar-refractivity contribution in [3.8, 4) is 23.0 Å². The first-order valence-electron chi connectivity index (χ1n) is 11.6. The molecule has 0 aliphatic rings. The van der Waals surface area contributed by atoms with Crippen LogP contribution >= 0.6 is 0 Å². The molecule has 1 unspecified atom stereocenters. The molecule has 0 saturated carbocycles. The zero-order valence-corrected chi connectivity index (χ0v) is 19.9. The number of primary amides is 1. The van der Waals surface area contributed by atoms with E-state index < -0.39 is 12.0 Å². The highest BCUT2D eigenvalue weighted by molar-refractivity contribution is 5.95. The van der Waals surface area contributed by atoms with Crippen molar-refractivity contribution in [2.24, 2.45) is 5.73 Å². The molecule has 3 aromatic carbocycles. The summed E-state index contributed by atoms with van der Waals surface area (Å²) in [6.45, 7) is 1.62. The summed E-state index contributed by atoms with van der Waals surface area (Å²) in [5, 5.41) is 32.0. The summed E-state index contributed by atoms with van der Waals surface area (Å²) in [6.07, 6.45) is -0.0614. The average molecular weight is 497 g/mol. The fraction of sp³-hybridized carbons (Fsp3) is 0.296. The third-order valence-corrected chi connectivity index (χ3v) is 5.31. The van der Waals surface area contributed by atoms with Crippen molar-refractivity contribution in [1.82, 2.24) is 5.32 Å². The van der Waals surface area contributed by atoms with Crippen LogP contribution in [0.3, 0.4) is 0 Å². The van der Waals surface area contributed by atoms with Crippen LogP contribution in [0, 0.1) is 0 Å². The van der Waals surface area contributed by atoms with Crippen LogP contribution in [-0.4, -0.2) is 60.3 Å². The number of aliphatic hydroxyl groups is 2. The molecule has 3 rings (SSSR count). The van der Waals surface area contributed by atoms with Crippen molar-refractivity contribution >= 4 is 5.91 Å². The second-order valence-electron chi connectivity index (χ2n) is 8.05. The van der Waals surface area contributed by atoms with Gasteiger partial charge in [-0.2, -0.15) is 0 Å². The molecule has 0 bridgehead atoms. The minimum Gasteiger partial charge on any atom is -0.507 e. The fourth-order valence-electron chi connectivity index (χ4n) is 3.48. The number of rotatable bonds is 15. The number of carbonyl (C=O) groups is 1. The Balaban J connectivity index is 1.41. The molecule has 0 spiro atoms. The largest absolute Gasteiger partial charge is 0.507 e. The standard InChI is InChI=1S/C27H32N2O7/c28-27(33)25-15-24(9-10-26(25)32)34-13-11-19-3-1-2-4-20(19)16-29-17-21(31)18-36-23-7-5-22(6-8-23)35-14-12-30/h1-10,15,21,29-32H,11-14,16-18H2,(H2,28,33). The van der Waals surface area contributed by atoms with Crippen LogP contribution in [0.25, 0.3) is 0 Å². The molecule has 1 atom stereocenters. The maximum absolute atomic E-state index is 11.4. The maximum Gasteiger partial charge on any atom is 0.252 e. The molecular formula is C27H32N2O7. The summed E-state index contributed by atoms with van der Waals surface area (Å²) in [7, 11) is 0. The molecule has 3 aromatic rings. The van der Waals surface area contributed by atoms with Gasteiger partial charge in [0.25, 0.3) is 5.91 Å². The Morgan fingerprint density at radius 2 is 1.53 bits per heavy atom. The third-order valence-electron chi connectivity index (χ3n) is 5.31. The highest BCUT2D eigenvalue weighted by Crippen LogP contribution is 2.23. The van der Waals surface area contributed by atoms with Gasteiger partial charge in [0.1, 0.15) is 42.3 Å². The van der Waals surface area contributed by atoms with E-state index in [1.807, 2.05) is 24.3 Å². The number of aromatic hydroxyl groups is 1. The number of phenols is 1. The van der Waals surface area contributed by atoms with Gasteiger partial charge in [-0.05, 0) is 53.6 Å². The number of aliphatic hydroxyl groups excluding tert-OH is 2. The molecular weight excluding hydrogens is 464 g/mol. The lowest BCUT2D eigenvalue weighted by atomic mass is 10.0. The summed E-state index contributed by atoms with van der Waals surface area (Å²) in [4.78, 5) is 11.4. The summed E-state index contributed by atoms with van der Waals surface area (Å²) >= 11 is 0. The summed E-state index contributed by atoms with van der Waals surface area (Å²) in [5.74, 6) is 0.811. The van der Waals surface area contributed by atoms with Crippen LogP contribution in [0.5, 0.6) is 23.0 Å². The monoisotopic (exact) mass is 496 g/mol. The van der Waals surface area contributed by atoms with E-state index in [-0.39, 0.29) is 31.1 Å². The van der Waals surface area contributed by atoms with Gasteiger partial charge in [0.05, 0.1) is 18.8 Å². The van der Waals surface area contributed by atoms with Crippen molar-refractivity contribution in [1.29, 1.82) is 0 Å². The first-order chi connectivity index (χ1) is 17.5. The van der Waals surface area contributed by atoms with Crippen LogP contribution in [0.2, 0.25) is 0 Å². The number of ether oxygens (including phenoxy) is 3. The zero-order valence-electron chi connectivity index (χ0n) is 19.9. The third kappa shape index (κ3) is 8.46. The second-order valence-corrected chi connectivity index (χ2v) is 8.05. The predicted molar refractivity (Wildman–Crippen MR) is 134 cm³/mol. The molecule has 0 heterocycles. The van der Waals surface area contributed by atoms with Crippen LogP contribution in [0.1, 0.15) is 21.5 Å². The van der Waals surface area contributed by atoms with E-state index in [9.17, 15) is 15.0 Å². The highest BCUT2D eigenvalue weighted by Gasteiger charge is 2.10. The Kier molecular flexibility index (Phi) is 10.4. The number of nitrogens with two attached hydrogens (primary N) is 1. The van der Waals surface area contributed by atoms with E-state index in [0.29, 0.717) is 43.4 Å². The number of benzene rings is 3. The van der Waals surface area contributed by atoms with Gasteiger partial charge in [0.2, 0.25) is 0 Å². The second kappa shape index (κ2) is 13.9. The SMILES string of the molecule is NC(=O)c1cc(OCCc2ccccc2CNCC(O)COc2ccc(OCCO)cc2)ccc1O. The van der Waals surface area contributed by atoms with E-state index in [2.05, 4.69) is 5.32 Å². The highest BCUT2D eigenvalue weighted by atomic mass is 16.5. The predicted octanol–water partition coefficient (Wildman–Crippen LogP) is 2.01. The van der Waals surface area contributed by atoms with Gasteiger partial charge >= 0.3 is 0 Å². The minimum atomic E-state index is -0.719. The van der Waals surface area contributed by atoms with E-state index in [4.69, 9.17) is 25.1 Å². The Morgan fingerprint density at radius 1 is 0.889 bits per heavy atom. The molecule has 36 heavy (non-hydrogen) atoms. The number of hydrogen-bond donors (Lipinski definition) is 5. The molecule has 0 aliphatic heterocycles. The lowest BCUT2D eigenvalue weighted by molar-refractivity contribution is 0.0997. The normalized spacial score (nSPS) is 11.6. The Morgan fingerprint density at radius 3 is 2.22 bits per heavy atom.